The monoisotopic (exact) mass is 1250 g/mol. The fourth-order valence-electron chi connectivity index (χ4n) is 5.20. The number of nitrogens with one attached hydrogen (secondary N) is 4. The number of hydrogen-bond acceptors (Lipinski definition) is 17. The Balaban J connectivity index is -0.000000869. The predicted octanol–water partition coefficient (Wildman–Crippen LogP) is 11.1. The van der Waals surface area contributed by atoms with Gasteiger partial charge in [-0.25, -0.2) is 0 Å². The second kappa shape index (κ2) is 47.3. The molecule has 0 aromatic heterocycles. The average Bonchev–Trinajstić information content (AvgIpc) is 3.48. The van der Waals surface area contributed by atoms with E-state index in [0.717, 1.165) is 6.42 Å². The van der Waals surface area contributed by atoms with Gasteiger partial charge in [-0.15, -0.1) is 19.6 Å². The van der Waals surface area contributed by atoms with Crippen LogP contribution >= 0.6 is 15.8 Å². The second-order valence-electron chi connectivity index (χ2n) is 15.3. The van der Waals surface area contributed by atoms with E-state index in [4.69, 9.17) is 5.11 Å². The van der Waals surface area contributed by atoms with Crippen molar-refractivity contribution in [1.82, 2.24) is 21.9 Å². The third-order valence-corrected chi connectivity index (χ3v) is 15.4. The van der Waals surface area contributed by atoms with Gasteiger partial charge in [-0.3, -0.25) is 0 Å². The molecule has 6 aromatic rings. The van der Waals surface area contributed by atoms with Gasteiger partial charge in [0.1, 0.15) is 31.8 Å². The van der Waals surface area contributed by atoms with E-state index < -0.39 is 15.8 Å². The van der Waals surface area contributed by atoms with Crippen LogP contribution in [0.2, 0.25) is 0 Å². The molecule has 0 aliphatic carbocycles. The first kappa shape index (κ1) is 74.0. The molecule has 0 amide bonds. The summed E-state index contributed by atoms with van der Waals surface area (Å²) in [7, 11) is -1.75. The van der Waals surface area contributed by atoms with E-state index in [9.17, 15) is 40.5 Å². The number of allylic oxidation sites excluding steroid dienone is 8. The molecule has 0 aliphatic rings. The molecule has 0 saturated heterocycles. The van der Waals surface area contributed by atoms with Gasteiger partial charge >= 0.3 is 39.0 Å². The van der Waals surface area contributed by atoms with Crippen LogP contribution in [0.4, 0.5) is 0 Å². The van der Waals surface area contributed by atoms with Crippen molar-refractivity contribution in [2.75, 3.05) is 6.61 Å². The number of benzene rings is 6. The van der Waals surface area contributed by atoms with Gasteiger partial charge in [-0.1, -0.05) is 116 Å². The summed E-state index contributed by atoms with van der Waals surface area (Å²) in [5, 5.41) is 65.5. The number of aliphatic hydroxyl groups excluding tert-OH is 1. The summed E-state index contributed by atoms with van der Waals surface area (Å²) in [6.45, 7) is 14.1. The first-order chi connectivity index (χ1) is 35.7. The van der Waals surface area contributed by atoms with Crippen molar-refractivity contribution >= 4 is 47.7 Å². The first-order valence-electron chi connectivity index (χ1n) is 22.9. The predicted molar refractivity (Wildman–Crippen MR) is 313 cm³/mol. The van der Waals surface area contributed by atoms with E-state index in [0.29, 0.717) is 6.61 Å². The molecule has 0 spiro atoms. The van der Waals surface area contributed by atoms with Gasteiger partial charge in [0.2, 0.25) is 0 Å². The fourth-order valence-corrected chi connectivity index (χ4v) is 10.4. The Hall–Kier alpha value is -6.21. The number of hydrogen-bond donors (Lipinski definition) is 5. The molecule has 76 heavy (non-hydrogen) atoms. The molecule has 2 radical (unpaired) electrons. The summed E-state index contributed by atoms with van der Waals surface area (Å²) < 4.78 is 0. The van der Waals surface area contributed by atoms with E-state index in [1.165, 1.54) is 87.2 Å². The van der Waals surface area contributed by atoms with Crippen LogP contribution < -0.4 is 53.7 Å². The molecule has 0 atom stereocenters. The van der Waals surface area contributed by atoms with Crippen LogP contribution in [0, 0.1) is 40.5 Å². The van der Waals surface area contributed by atoms with E-state index in [1.807, 2.05) is 6.92 Å². The number of rotatable bonds is 15. The van der Waals surface area contributed by atoms with Crippen LogP contribution in [-0.2, 0) is 39.0 Å². The smallest absolute Gasteiger partial charge is 0.761 e. The van der Waals surface area contributed by atoms with Crippen LogP contribution in [0.3, 0.4) is 0 Å². The van der Waals surface area contributed by atoms with E-state index >= 15 is 0 Å². The minimum atomic E-state index is -0.877. The zero-order valence-electron chi connectivity index (χ0n) is 43.9. The largest absolute Gasteiger partial charge is 2.00 e. The quantitative estimate of drug-likeness (QED) is 0.0277. The number of hydroxylamine groups is 4. The molecule has 6 aromatic carbocycles. The van der Waals surface area contributed by atoms with Crippen molar-refractivity contribution < 1.29 is 44.1 Å². The van der Waals surface area contributed by atoms with Crippen LogP contribution in [0.5, 0.6) is 0 Å². The summed E-state index contributed by atoms with van der Waals surface area (Å²) in [4.78, 5) is 38.5. The standard InChI is InChI=1S/2C18H15P.4C4H7N2O2.C3H8O.2Rh/c2*1-4-10-16(11-5-1)19(17-12-6-2-7-13-17)18-14-8-3-9-15-18;4*1-3(5-7)4(2)6-8;1-2-3-4;;/h2*1-15H;4*5H,1-2H3;4H,2-3H2,1H3;;/q;;4*-1;;2*+2/p+2/b;;4*4-3-;;;. The fraction of sp³-hybridized carbons (Fsp3) is 0.200. The Morgan fingerprint density at radius 2 is 0.487 bits per heavy atom. The third-order valence-electron chi connectivity index (χ3n) is 9.93. The normalized spacial score (nSPS) is 10.9. The summed E-state index contributed by atoms with van der Waals surface area (Å²) in [6, 6.07) is 65.0. The topological polar surface area (TPSA) is 278 Å². The first-order valence-corrected chi connectivity index (χ1v) is 25.9. The Kier molecular flexibility index (Phi) is 46.0. The van der Waals surface area contributed by atoms with E-state index in [-0.39, 0.29) is 84.5 Å². The van der Waals surface area contributed by atoms with Crippen LogP contribution in [-0.4, -0.2) is 11.7 Å². The maximum absolute atomic E-state index is 9.72. The van der Waals surface area contributed by atoms with Crippen LogP contribution in [0.25, 0.3) is 0 Å². The molecule has 0 saturated carbocycles. The molecule has 0 bridgehead atoms. The molecule has 0 unspecified atom stereocenters. The average molecular weight is 1250 g/mol. The third kappa shape index (κ3) is 31.0. The SMILES string of the molecule is C/C(N=O)=C(\C)N[O-].C/C(N=O)=C(\C)N[O-].C/C(N=O)=C(\C)N[O-].C/C(N=O)=C(\C)N[O-].CCCO.[Rh+2].[Rh+2].c1ccc([PH+](c2ccccc2)c2ccccc2)cc1.c1ccc([PH+](c2ccccc2)c2ccccc2)cc1. The zero-order valence-corrected chi connectivity index (χ0v) is 49.2. The van der Waals surface area contributed by atoms with Crippen LogP contribution in [0.1, 0.15) is 68.7 Å². The molecule has 5 N–H and O–H groups in total. The van der Waals surface area contributed by atoms with Gasteiger partial charge < -0.3 is 47.9 Å². The van der Waals surface area contributed by atoms with Gasteiger partial charge in [0.05, 0.1) is 38.6 Å². The van der Waals surface area contributed by atoms with Crippen molar-refractivity contribution in [3.8, 4) is 0 Å². The molecule has 17 nitrogen and oxygen atoms in total. The molecule has 408 valence electrons. The number of nitroso groups, excluding NO2 is 4. The molecular weight excluding hydrogens is 1180 g/mol. The summed E-state index contributed by atoms with van der Waals surface area (Å²) in [6.07, 6.45) is 0.875. The minimum absolute atomic E-state index is 0. The molecule has 21 heteroatoms. The molecule has 0 aliphatic heterocycles. The molecule has 6 rings (SSSR count). The van der Waals surface area contributed by atoms with Gasteiger partial charge in [-0.05, 0) is 155 Å². The van der Waals surface area contributed by atoms with Gasteiger partial charge in [0, 0.05) is 29.4 Å². The number of nitrogens with zero attached hydrogens (tertiary/aromatic N) is 4. The van der Waals surface area contributed by atoms with E-state index in [1.54, 1.807) is 21.9 Å². The Morgan fingerprint density at radius 1 is 0.355 bits per heavy atom. The van der Waals surface area contributed by atoms with Crippen molar-refractivity contribution in [1.29, 1.82) is 0 Å². The minimum Gasteiger partial charge on any atom is -0.761 e. The summed E-state index contributed by atoms with van der Waals surface area (Å²) in [5.74, 6) is 0. The zero-order chi connectivity index (χ0) is 55.5. The van der Waals surface area contributed by atoms with E-state index in [2.05, 4.69) is 203 Å². The van der Waals surface area contributed by atoms with Gasteiger partial charge in [-0.2, -0.15) is 0 Å². The van der Waals surface area contributed by atoms with Gasteiger partial charge in [0.15, 0.2) is 0 Å². The second-order valence-corrected chi connectivity index (χ2v) is 20.2. The molecular formula is C55H68N8O9P2Rh2+2. The maximum atomic E-state index is 9.72. The molecule has 0 heterocycles. The van der Waals surface area contributed by atoms with Crippen molar-refractivity contribution in [3.05, 3.63) is 268 Å². The Labute approximate surface area is 474 Å². The molecule has 0 fully saturated rings. The van der Waals surface area contributed by atoms with Crippen LogP contribution in [0.15, 0.2) is 248 Å². The maximum Gasteiger partial charge on any atom is 2.00 e. The Bertz CT molecular complexity index is 2170. The van der Waals surface area contributed by atoms with Crippen molar-refractivity contribution in [2.45, 2.75) is 68.7 Å². The van der Waals surface area contributed by atoms with Crippen molar-refractivity contribution in [2.24, 2.45) is 20.7 Å². The van der Waals surface area contributed by atoms with Crippen molar-refractivity contribution in [3.63, 3.8) is 0 Å². The Morgan fingerprint density at radius 3 is 0.566 bits per heavy atom. The van der Waals surface area contributed by atoms with Gasteiger partial charge in [0.25, 0.3) is 0 Å². The summed E-state index contributed by atoms with van der Waals surface area (Å²) in [5.41, 5.74) is 8.04. The number of aliphatic hydroxyl groups is 1. The summed E-state index contributed by atoms with van der Waals surface area (Å²) >= 11 is 0.